The number of benzene rings is 3. The van der Waals surface area contributed by atoms with Crippen LogP contribution in [0.5, 0.6) is 0 Å². The number of amides is 2. The van der Waals surface area contributed by atoms with Gasteiger partial charge in [-0.05, 0) is 78.4 Å². The number of nitriles is 4. The molecule has 71 heavy (non-hydrogen) atoms. The van der Waals surface area contributed by atoms with Gasteiger partial charge in [0.05, 0.1) is 32.3 Å². The number of anilines is 3. The predicted molar refractivity (Wildman–Crippen MR) is 289 cm³/mol. The lowest BCUT2D eigenvalue weighted by Gasteiger charge is -2.25. The summed E-state index contributed by atoms with van der Waals surface area (Å²) >= 11 is 2.76. The maximum atomic E-state index is 15.0. The van der Waals surface area contributed by atoms with Crippen LogP contribution in [0.3, 0.4) is 0 Å². The van der Waals surface area contributed by atoms with Crippen LogP contribution in [0.15, 0.2) is 137 Å². The van der Waals surface area contributed by atoms with E-state index in [1.54, 1.807) is 23.1 Å². The summed E-state index contributed by atoms with van der Waals surface area (Å²) in [5, 5.41) is 44.1. The second-order valence-electron chi connectivity index (χ2n) is 18.0. The molecule has 0 saturated heterocycles. The molecule has 0 radical (unpaired) electrons. The Labute approximate surface area is 428 Å². The van der Waals surface area contributed by atoms with E-state index in [1.807, 2.05) is 101 Å². The lowest BCUT2D eigenvalue weighted by Crippen LogP contribution is -2.30. The third-order valence-electron chi connectivity index (χ3n) is 13.1. The molecule has 2 aliphatic rings. The zero-order valence-corrected chi connectivity index (χ0v) is 42.6. The van der Waals surface area contributed by atoms with Crippen molar-refractivity contribution in [2.75, 3.05) is 18.0 Å². The molecule has 4 heterocycles. The summed E-state index contributed by atoms with van der Waals surface area (Å²) in [5.41, 5.74) is 4.84. The number of para-hydroxylation sites is 2. The molecule has 11 heteroatoms. The second kappa shape index (κ2) is 26.1. The Bertz CT molecular complexity index is 2860. The van der Waals surface area contributed by atoms with Crippen LogP contribution in [-0.4, -0.2) is 34.7 Å². The zero-order chi connectivity index (χ0) is 50.0. The Morgan fingerprint density at radius 1 is 0.479 bits per heavy atom. The Morgan fingerprint density at radius 2 is 0.915 bits per heavy atom. The van der Waals surface area contributed by atoms with Crippen LogP contribution in [0.2, 0.25) is 0 Å². The monoisotopic (exact) mass is 975 g/mol. The van der Waals surface area contributed by atoms with E-state index in [9.17, 15) is 21.0 Å². The number of allylic oxidation sites excluding steroid dienone is 4. The molecule has 0 unspecified atom stereocenters. The van der Waals surface area contributed by atoms with Gasteiger partial charge in [0.25, 0.3) is 11.8 Å². The van der Waals surface area contributed by atoms with E-state index in [2.05, 4.69) is 43.0 Å². The Balaban J connectivity index is 1.29. The second-order valence-corrected chi connectivity index (χ2v) is 20.0. The van der Waals surface area contributed by atoms with Gasteiger partial charge in [0.2, 0.25) is 0 Å². The van der Waals surface area contributed by atoms with Gasteiger partial charge in [-0.3, -0.25) is 9.59 Å². The highest BCUT2D eigenvalue weighted by Crippen LogP contribution is 2.50. The quantitative estimate of drug-likeness (QED) is 0.0305. The van der Waals surface area contributed by atoms with Gasteiger partial charge in [0, 0.05) is 46.2 Å². The van der Waals surface area contributed by atoms with Crippen molar-refractivity contribution in [3.05, 3.63) is 157 Å². The summed E-state index contributed by atoms with van der Waals surface area (Å²) < 4.78 is 0. The van der Waals surface area contributed by atoms with Crippen molar-refractivity contribution in [3.8, 4) is 24.3 Å². The van der Waals surface area contributed by atoms with E-state index in [0.29, 0.717) is 50.9 Å². The molecule has 0 N–H and O–H groups in total. The summed E-state index contributed by atoms with van der Waals surface area (Å²) in [7, 11) is 0. The smallest absolute Gasteiger partial charge is 0.261 e. The number of carbonyl (C=O) groups is 2. The van der Waals surface area contributed by atoms with Crippen LogP contribution in [-0.2, 0) is 9.59 Å². The van der Waals surface area contributed by atoms with E-state index in [0.717, 1.165) is 66.9 Å². The van der Waals surface area contributed by atoms with Crippen molar-refractivity contribution in [2.45, 2.75) is 117 Å². The molecule has 0 atom stereocenters. The van der Waals surface area contributed by atoms with Gasteiger partial charge in [0.1, 0.15) is 35.4 Å². The molecule has 360 valence electrons. The summed E-state index contributed by atoms with van der Waals surface area (Å²) in [4.78, 5) is 37.7. The normalized spacial score (nSPS) is 12.9. The highest BCUT2D eigenvalue weighted by molar-refractivity contribution is 7.14. The van der Waals surface area contributed by atoms with Crippen LogP contribution < -0.4 is 4.90 Å². The average Bonchev–Trinajstić information content (AvgIpc) is 4.22. The molecule has 9 nitrogen and oxygen atoms in total. The van der Waals surface area contributed by atoms with E-state index in [1.165, 1.54) is 80.5 Å². The van der Waals surface area contributed by atoms with Gasteiger partial charge in [-0.2, -0.15) is 21.0 Å². The number of hydrogen-bond acceptors (Lipinski definition) is 9. The van der Waals surface area contributed by atoms with E-state index < -0.39 is 0 Å². The highest BCUT2D eigenvalue weighted by atomic mass is 32.1. The fourth-order valence-electron chi connectivity index (χ4n) is 9.59. The fraction of sp³-hybridized carbons (Fsp3) is 0.333. The van der Waals surface area contributed by atoms with Crippen molar-refractivity contribution < 1.29 is 9.59 Å². The molecular formula is C60H61N7O2S2. The minimum atomic E-state index is -0.277. The molecule has 0 saturated carbocycles. The van der Waals surface area contributed by atoms with Crippen LogP contribution in [0, 0.1) is 45.3 Å². The maximum Gasteiger partial charge on any atom is 0.261 e. The zero-order valence-electron chi connectivity index (χ0n) is 41.0. The van der Waals surface area contributed by atoms with E-state index in [4.69, 9.17) is 0 Å². The lowest BCUT2D eigenvalue weighted by atomic mass is 9.89. The number of carbonyl (C=O) groups excluding carboxylic acids is 2. The van der Waals surface area contributed by atoms with Crippen molar-refractivity contribution in [1.29, 1.82) is 21.0 Å². The van der Waals surface area contributed by atoms with Gasteiger partial charge in [-0.25, -0.2) is 0 Å². The van der Waals surface area contributed by atoms with E-state index in [-0.39, 0.29) is 34.1 Å². The first kappa shape index (κ1) is 51.6. The molecule has 7 rings (SSSR count). The summed E-state index contributed by atoms with van der Waals surface area (Å²) in [6.07, 6.45) is 17.7. The topological polar surface area (TPSA) is 139 Å². The minimum Gasteiger partial charge on any atom is -0.311 e. The average molecular weight is 976 g/mol. The first-order valence-corrected chi connectivity index (χ1v) is 27.0. The SMILES string of the molecule is CCCCCCCCCCN1C(=O)C2=C(c3ccc(C(=C(C#N)C#N)C(=C(C#N)C#N)c4ccc(N(c5ccccc5)c5ccccc5)cc4)s3)N(CCCCCCCCCC)C(=O)C2=C1c1cccs1. The molecule has 0 bridgehead atoms. The molecule has 0 spiro atoms. The van der Waals surface area contributed by atoms with Gasteiger partial charge < -0.3 is 14.7 Å². The molecule has 5 aromatic rings. The third-order valence-corrected chi connectivity index (χ3v) is 15.1. The van der Waals surface area contributed by atoms with Crippen molar-refractivity contribution in [3.63, 3.8) is 0 Å². The number of thiophene rings is 2. The van der Waals surface area contributed by atoms with Crippen molar-refractivity contribution in [2.24, 2.45) is 0 Å². The Morgan fingerprint density at radius 3 is 1.37 bits per heavy atom. The summed E-state index contributed by atoms with van der Waals surface area (Å²) in [6.45, 7) is 5.35. The van der Waals surface area contributed by atoms with Gasteiger partial charge >= 0.3 is 0 Å². The number of fused-ring (bicyclic) bond motifs is 1. The predicted octanol–water partition coefficient (Wildman–Crippen LogP) is 15.7. The standard InChI is InChI=1S/C60H61N7O2S2/c1-3-5-7-9-11-13-15-23-37-65-57(51-30-25-39-70-51)55-56(60(65)69)58(66(59(55)68)38-24-16-14-12-10-8-6-4-2)52-36-35-50(71-52)54(46(42-63)43-64)53(45(40-61)41-62)44-31-33-49(34-32-44)67(47-26-19-17-20-27-47)48-28-21-18-22-29-48/h17-22,25-36,39H,3-16,23-24,37-38H2,1-2H3. The van der Waals surface area contributed by atoms with E-state index >= 15 is 9.59 Å². The first-order valence-electron chi connectivity index (χ1n) is 25.3. The Kier molecular flexibility index (Phi) is 18.9. The molecular weight excluding hydrogens is 915 g/mol. The van der Waals surface area contributed by atoms with Crippen molar-refractivity contribution in [1.82, 2.24) is 9.80 Å². The van der Waals surface area contributed by atoms with Crippen LogP contribution in [0.25, 0.3) is 22.5 Å². The number of nitrogens with zero attached hydrogens (tertiary/aromatic N) is 7. The maximum absolute atomic E-state index is 15.0. The molecule has 3 aromatic carbocycles. The largest absolute Gasteiger partial charge is 0.311 e. The van der Waals surface area contributed by atoms with Gasteiger partial charge in [-0.15, -0.1) is 22.7 Å². The van der Waals surface area contributed by atoms with Crippen LogP contribution >= 0.6 is 22.7 Å². The molecule has 0 fully saturated rings. The summed E-state index contributed by atoms with van der Waals surface area (Å²) in [6, 6.07) is 43.0. The lowest BCUT2D eigenvalue weighted by molar-refractivity contribution is -0.124. The van der Waals surface area contributed by atoms with Gasteiger partial charge in [0.15, 0.2) is 0 Å². The highest BCUT2D eigenvalue weighted by Gasteiger charge is 2.49. The van der Waals surface area contributed by atoms with Crippen LogP contribution in [0.1, 0.15) is 137 Å². The van der Waals surface area contributed by atoms with Gasteiger partial charge in [-0.1, -0.05) is 158 Å². The Hall–Kier alpha value is -7.28. The minimum absolute atomic E-state index is 0.133. The van der Waals surface area contributed by atoms with Crippen LogP contribution in [0.4, 0.5) is 17.1 Å². The fourth-order valence-corrected chi connectivity index (χ4v) is 11.5. The number of hydrogen-bond donors (Lipinski definition) is 0. The summed E-state index contributed by atoms with van der Waals surface area (Å²) in [5.74, 6) is -0.406. The van der Waals surface area contributed by atoms with Crippen molar-refractivity contribution >= 4 is 74.1 Å². The molecule has 0 aliphatic carbocycles. The molecule has 2 amide bonds. The third kappa shape index (κ3) is 12.0. The molecule has 2 aliphatic heterocycles. The number of unbranched alkanes of at least 4 members (excludes halogenated alkanes) is 14. The number of rotatable bonds is 26. The first-order chi connectivity index (χ1) is 34.9. The molecule has 2 aromatic heterocycles.